The van der Waals surface area contributed by atoms with E-state index in [2.05, 4.69) is 5.32 Å². The summed E-state index contributed by atoms with van der Waals surface area (Å²) in [7, 11) is 1.36. The highest BCUT2D eigenvalue weighted by atomic mass is 16.5. The van der Waals surface area contributed by atoms with Crippen LogP contribution in [0.4, 0.5) is 0 Å². The van der Waals surface area contributed by atoms with Crippen LogP contribution in [0.15, 0.2) is 18.2 Å². The third kappa shape index (κ3) is 4.13. The second kappa shape index (κ2) is 7.75. The Morgan fingerprint density at radius 2 is 2.10 bits per heavy atom. The van der Waals surface area contributed by atoms with Crippen molar-refractivity contribution in [1.82, 2.24) is 5.32 Å². The van der Waals surface area contributed by atoms with Crippen molar-refractivity contribution >= 4 is 5.97 Å². The molecule has 5 nitrogen and oxygen atoms in total. The van der Waals surface area contributed by atoms with E-state index in [1.807, 2.05) is 20.8 Å². The largest absolute Gasteiger partial charge is 0.504 e. The lowest BCUT2D eigenvalue weighted by Gasteiger charge is -2.21. The summed E-state index contributed by atoms with van der Waals surface area (Å²) in [5.74, 6) is 0.0612. The van der Waals surface area contributed by atoms with Crippen LogP contribution in [0.5, 0.6) is 11.5 Å². The number of hydrogen-bond donors (Lipinski definition) is 2. The third-order valence-corrected chi connectivity index (χ3v) is 3.12. The molecular formula is C15H23NO4. The summed E-state index contributed by atoms with van der Waals surface area (Å²) in [4.78, 5) is 11.9. The van der Waals surface area contributed by atoms with Crippen LogP contribution in [-0.4, -0.2) is 30.8 Å². The molecule has 0 amide bonds. The molecule has 0 aliphatic rings. The summed E-state index contributed by atoms with van der Waals surface area (Å²) in [6, 6.07) is 4.47. The van der Waals surface area contributed by atoms with Crippen LogP contribution in [0, 0.1) is 0 Å². The zero-order chi connectivity index (χ0) is 15.1. The number of phenols is 1. The molecule has 5 heteroatoms. The van der Waals surface area contributed by atoms with Crippen molar-refractivity contribution in [2.45, 2.75) is 39.3 Å². The van der Waals surface area contributed by atoms with E-state index < -0.39 is 6.04 Å². The first-order valence-corrected chi connectivity index (χ1v) is 6.83. The first kappa shape index (κ1) is 16.3. The average Bonchev–Trinajstić information content (AvgIpc) is 2.46. The first-order chi connectivity index (χ1) is 9.53. The standard InChI is InChI=1S/C15H23NO4/c1-5-10(3)16-14(15(18)19-4)11-7-8-12(17)13(9-11)20-6-2/h7-10,14,16-17H,5-6H2,1-4H3. The minimum absolute atomic E-state index is 0.0581. The summed E-state index contributed by atoms with van der Waals surface area (Å²) in [6.45, 7) is 6.31. The fourth-order valence-electron chi connectivity index (χ4n) is 1.80. The van der Waals surface area contributed by atoms with E-state index in [0.29, 0.717) is 17.9 Å². The van der Waals surface area contributed by atoms with Gasteiger partial charge in [0, 0.05) is 6.04 Å². The van der Waals surface area contributed by atoms with Crippen molar-refractivity contribution < 1.29 is 19.4 Å². The molecule has 0 fully saturated rings. The van der Waals surface area contributed by atoms with Gasteiger partial charge in [0.2, 0.25) is 0 Å². The predicted molar refractivity (Wildman–Crippen MR) is 76.9 cm³/mol. The lowest BCUT2D eigenvalue weighted by Crippen LogP contribution is -2.35. The van der Waals surface area contributed by atoms with E-state index in [1.165, 1.54) is 13.2 Å². The van der Waals surface area contributed by atoms with Crippen LogP contribution in [-0.2, 0) is 9.53 Å². The van der Waals surface area contributed by atoms with E-state index >= 15 is 0 Å². The van der Waals surface area contributed by atoms with Crippen molar-refractivity contribution in [3.05, 3.63) is 23.8 Å². The number of benzene rings is 1. The molecule has 0 aliphatic heterocycles. The fraction of sp³-hybridized carbons (Fsp3) is 0.533. The van der Waals surface area contributed by atoms with Gasteiger partial charge in [-0.05, 0) is 38.0 Å². The summed E-state index contributed by atoms with van der Waals surface area (Å²) < 4.78 is 10.2. The molecule has 1 aromatic rings. The molecule has 0 bridgehead atoms. The van der Waals surface area contributed by atoms with Gasteiger partial charge in [0.25, 0.3) is 0 Å². The molecule has 0 aromatic heterocycles. The van der Waals surface area contributed by atoms with Crippen LogP contribution in [0.25, 0.3) is 0 Å². The predicted octanol–water partition coefficient (Wildman–Crippen LogP) is 2.39. The van der Waals surface area contributed by atoms with E-state index in [-0.39, 0.29) is 17.8 Å². The van der Waals surface area contributed by atoms with Gasteiger partial charge in [-0.25, -0.2) is 4.79 Å². The number of rotatable bonds is 7. The Labute approximate surface area is 119 Å². The first-order valence-electron chi connectivity index (χ1n) is 6.83. The molecule has 0 spiro atoms. The van der Waals surface area contributed by atoms with Crippen LogP contribution in [0.2, 0.25) is 0 Å². The minimum atomic E-state index is -0.574. The van der Waals surface area contributed by atoms with E-state index in [0.717, 1.165) is 6.42 Å². The maximum atomic E-state index is 11.9. The molecule has 1 aromatic carbocycles. The van der Waals surface area contributed by atoms with E-state index in [4.69, 9.17) is 9.47 Å². The third-order valence-electron chi connectivity index (χ3n) is 3.12. The second-order valence-electron chi connectivity index (χ2n) is 4.59. The van der Waals surface area contributed by atoms with E-state index in [9.17, 15) is 9.90 Å². The average molecular weight is 281 g/mol. The Morgan fingerprint density at radius 1 is 1.40 bits per heavy atom. The van der Waals surface area contributed by atoms with Gasteiger partial charge in [-0.2, -0.15) is 0 Å². The Balaban J connectivity index is 3.06. The molecule has 0 aliphatic carbocycles. The maximum Gasteiger partial charge on any atom is 0.327 e. The summed E-state index contributed by atoms with van der Waals surface area (Å²) in [5.41, 5.74) is 0.707. The van der Waals surface area contributed by atoms with Crippen LogP contribution in [0.1, 0.15) is 38.8 Å². The maximum absolute atomic E-state index is 11.9. The number of carbonyl (C=O) groups excluding carboxylic acids is 1. The van der Waals surface area contributed by atoms with Crippen LogP contribution >= 0.6 is 0 Å². The molecule has 2 atom stereocenters. The highest BCUT2D eigenvalue weighted by Gasteiger charge is 2.23. The number of aromatic hydroxyl groups is 1. The molecule has 2 unspecified atom stereocenters. The van der Waals surface area contributed by atoms with Gasteiger partial charge in [0.05, 0.1) is 13.7 Å². The molecule has 0 radical (unpaired) electrons. The summed E-state index contributed by atoms with van der Waals surface area (Å²) in [5, 5.41) is 12.9. The number of ether oxygens (including phenoxy) is 2. The molecule has 1 rings (SSSR count). The number of phenolic OH excluding ortho intramolecular Hbond substituents is 1. The molecular weight excluding hydrogens is 258 g/mol. The van der Waals surface area contributed by atoms with Gasteiger partial charge in [-0.15, -0.1) is 0 Å². The fourth-order valence-corrected chi connectivity index (χ4v) is 1.80. The van der Waals surface area contributed by atoms with Crippen molar-refractivity contribution in [3.8, 4) is 11.5 Å². The van der Waals surface area contributed by atoms with Gasteiger partial charge in [-0.3, -0.25) is 5.32 Å². The van der Waals surface area contributed by atoms with Crippen molar-refractivity contribution in [1.29, 1.82) is 0 Å². The van der Waals surface area contributed by atoms with Gasteiger partial charge in [0.1, 0.15) is 6.04 Å². The smallest absolute Gasteiger partial charge is 0.327 e. The zero-order valence-corrected chi connectivity index (χ0v) is 12.5. The Kier molecular flexibility index (Phi) is 6.31. The molecule has 20 heavy (non-hydrogen) atoms. The van der Waals surface area contributed by atoms with Crippen LogP contribution in [0.3, 0.4) is 0 Å². The number of nitrogens with one attached hydrogen (secondary N) is 1. The summed E-state index contributed by atoms with van der Waals surface area (Å²) in [6.07, 6.45) is 0.893. The molecule has 112 valence electrons. The molecule has 2 N–H and O–H groups in total. The lowest BCUT2D eigenvalue weighted by atomic mass is 10.0. The molecule has 0 saturated carbocycles. The topological polar surface area (TPSA) is 67.8 Å². The number of carbonyl (C=O) groups is 1. The van der Waals surface area contributed by atoms with Gasteiger partial charge in [-0.1, -0.05) is 13.0 Å². The number of esters is 1. The van der Waals surface area contributed by atoms with E-state index in [1.54, 1.807) is 12.1 Å². The zero-order valence-electron chi connectivity index (χ0n) is 12.5. The van der Waals surface area contributed by atoms with Crippen molar-refractivity contribution in [2.75, 3.05) is 13.7 Å². The van der Waals surface area contributed by atoms with Gasteiger partial charge >= 0.3 is 5.97 Å². The highest BCUT2D eigenvalue weighted by molar-refractivity contribution is 5.78. The Bertz CT molecular complexity index is 447. The molecule has 0 heterocycles. The Hall–Kier alpha value is -1.75. The van der Waals surface area contributed by atoms with Gasteiger partial charge in [0.15, 0.2) is 11.5 Å². The second-order valence-corrected chi connectivity index (χ2v) is 4.59. The quantitative estimate of drug-likeness (QED) is 0.751. The minimum Gasteiger partial charge on any atom is -0.504 e. The van der Waals surface area contributed by atoms with Crippen molar-refractivity contribution in [2.24, 2.45) is 0 Å². The number of methoxy groups -OCH3 is 1. The van der Waals surface area contributed by atoms with Crippen LogP contribution < -0.4 is 10.1 Å². The monoisotopic (exact) mass is 281 g/mol. The van der Waals surface area contributed by atoms with Crippen molar-refractivity contribution in [3.63, 3.8) is 0 Å². The SMILES string of the molecule is CCOc1cc(C(NC(C)CC)C(=O)OC)ccc1O. The lowest BCUT2D eigenvalue weighted by molar-refractivity contribution is -0.143. The van der Waals surface area contributed by atoms with Gasteiger partial charge < -0.3 is 14.6 Å². The normalized spacial score (nSPS) is 13.6. The highest BCUT2D eigenvalue weighted by Crippen LogP contribution is 2.30. The number of hydrogen-bond acceptors (Lipinski definition) is 5. The Morgan fingerprint density at radius 3 is 2.65 bits per heavy atom. The summed E-state index contributed by atoms with van der Waals surface area (Å²) >= 11 is 0. The molecule has 0 saturated heterocycles.